The van der Waals surface area contributed by atoms with E-state index in [4.69, 9.17) is 4.74 Å². The fourth-order valence-electron chi connectivity index (χ4n) is 2.94. The van der Waals surface area contributed by atoms with E-state index in [1.807, 2.05) is 20.8 Å². The van der Waals surface area contributed by atoms with Gasteiger partial charge in [0, 0.05) is 32.2 Å². The second-order valence-corrected chi connectivity index (χ2v) is 7.55. The first-order valence-electron chi connectivity index (χ1n) is 8.63. The zero-order valence-corrected chi connectivity index (χ0v) is 15.4. The Morgan fingerprint density at radius 1 is 1.32 bits per heavy atom. The van der Waals surface area contributed by atoms with Crippen LogP contribution in [-0.2, 0) is 16.1 Å². The van der Waals surface area contributed by atoms with Crippen molar-refractivity contribution in [3.8, 4) is 0 Å². The fraction of sp³-hybridized carbons (Fsp3) is 0.579. The van der Waals surface area contributed by atoms with Gasteiger partial charge in [0.25, 0.3) is 0 Å². The number of ether oxygens (including phenoxy) is 1. The molecule has 0 N–H and O–H groups in total. The van der Waals surface area contributed by atoms with Crippen molar-refractivity contribution in [2.75, 3.05) is 20.1 Å². The Morgan fingerprint density at radius 2 is 2.00 bits per heavy atom. The molecule has 25 heavy (non-hydrogen) atoms. The van der Waals surface area contributed by atoms with Crippen molar-refractivity contribution in [1.82, 2.24) is 9.80 Å². The number of nitrogens with zero attached hydrogens (tertiary/aromatic N) is 2. The molecule has 1 aliphatic rings. The van der Waals surface area contributed by atoms with Crippen molar-refractivity contribution in [2.24, 2.45) is 5.92 Å². The minimum atomic E-state index is -0.560. The molecule has 0 unspecified atom stereocenters. The third kappa shape index (κ3) is 5.44. The topological polar surface area (TPSA) is 49.9 Å². The lowest BCUT2D eigenvalue weighted by Gasteiger charge is -2.35. The van der Waals surface area contributed by atoms with Crippen molar-refractivity contribution < 1.29 is 18.7 Å². The fourth-order valence-corrected chi connectivity index (χ4v) is 2.94. The largest absolute Gasteiger partial charge is 0.444 e. The molecule has 1 aliphatic heterocycles. The van der Waals surface area contributed by atoms with Crippen LogP contribution in [-0.4, -0.2) is 47.5 Å². The molecule has 0 bridgehead atoms. The van der Waals surface area contributed by atoms with Gasteiger partial charge in [0.15, 0.2) is 0 Å². The lowest BCUT2D eigenvalue weighted by Crippen LogP contribution is -2.47. The summed E-state index contributed by atoms with van der Waals surface area (Å²) in [7, 11) is 1.67. The number of carbonyl (C=O) groups excluding carboxylic acids is 2. The smallest absolute Gasteiger partial charge is 0.410 e. The molecule has 0 radical (unpaired) electrons. The van der Waals surface area contributed by atoms with Crippen molar-refractivity contribution in [3.63, 3.8) is 0 Å². The lowest BCUT2D eigenvalue weighted by molar-refractivity contribution is -0.136. The predicted octanol–water partition coefficient (Wildman–Crippen LogP) is 3.43. The molecule has 1 aromatic carbocycles. The van der Waals surface area contributed by atoms with Crippen LogP contribution in [0.1, 0.15) is 39.2 Å². The van der Waals surface area contributed by atoms with Crippen LogP contribution in [0.4, 0.5) is 9.18 Å². The van der Waals surface area contributed by atoms with Gasteiger partial charge in [0.2, 0.25) is 5.91 Å². The summed E-state index contributed by atoms with van der Waals surface area (Å²) in [6.45, 7) is 6.61. The summed E-state index contributed by atoms with van der Waals surface area (Å²) in [5.41, 5.74) is -0.0755. The highest BCUT2D eigenvalue weighted by atomic mass is 19.1. The molecule has 1 fully saturated rings. The summed E-state index contributed by atoms with van der Waals surface area (Å²) in [4.78, 5) is 28.0. The van der Waals surface area contributed by atoms with Gasteiger partial charge in [-0.3, -0.25) is 4.79 Å². The molecule has 1 aromatic rings. The Balaban J connectivity index is 1.96. The van der Waals surface area contributed by atoms with Gasteiger partial charge >= 0.3 is 6.09 Å². The van der Waals surface area contributed by atoms with Crippen LogP contribution in [0.15, 0.2) is 24.3 Å². The standard InChI is InChI=1S/C19H27FN2O3/c1-19(2,3)25-18(24)22-11-7-9-15(13-22)17(23)21(4)12-14-8-5-6-10-16(14)20/h5-6,8,10,15H,7,9,11-13H2,1-4H3/t15-/m0/s1. The molecule has 5 nitrogen and oxygen atoms in total. The van der Waals surface area contributed by atoms with E-state index in [0.717, 1.165) is 12.8 Å². The highest BCUT2D eigenvalue weighted by Gasteiger charge is 2.32. The van der Waals surface area contributed by atoms with Gasteiger partial charge < -0.3 is 14.5 Å². The van der Waals surface area contributed by atoms with Crippen LogP contribution in [0.3, 0.4) is 0 Å². The number of amides is 2. The van der Waals surface area contributed by atoms with Crippen molar-refractivity contribution in [2.45, 2.75) is 45.8 Å². The van der Waals surface area contributed by atoms with Crippen LogP contribution in [0.5, 0.6) is 0 Å². The van der Waals surface area contributed by atoms with Gasteiger partial charge in [-0.2, -0.15) is 0 Å². The average molecular weight is 350 g/mol. The van der Waals surface area contributed by atoms with Crippen LogP contribution >= 0.6 is 0 Å². The van der Waals surface area contributed by atoms with Gasteiger partial charge in [-0.05, 0) is 39.7 Å². The first-order chi connectivity index (χ1) is 11.7. The van der Waals surface area contributed by atoms with E-state index in [1.54, 1.807) is 30.1 Å². The maximum Gasteiger partial charge on any atom is 0.410 e. The van der Waals surface area contributed by atoms with Crippen molar-refractivity contribution in [1.29, 1.82) is 0 Å². The number of hydrogen-bond donors (Lipinski definition) is 0. The molecular weight excluding hydrogens is 323 g/mol. The molecule has 138 valence electrons. The maximum atomic E-state index is 13.8. The Labute approximate surface area is 148 Å². The number of piperidine rings is 1. The van der Waals surface area contributed by atoms with Gasteiger partial charge in [-0.1, -0.05) is 18.2 Å². The molecule has 0 spiro atoms. The molecular formula is C19H27FN2O3. The van der Waals surface area contributed by atoms with Crippen LogP contribution in [0.2, 0.25) is 0 Å². The maximum absolute atomic E-state index is 13.8. The molecule has 1 saturated heterocycles. The molecule has 2 amide bonds. The minimum absolute atomic E-state index is 0.0727. The number of carbonyl (C=O) groups is 2. The predicted molar refractivity (Wildman–Crippen MR) is 93.4 cm³/mol. The number of rotatable bonds is 3. The first-order valence-corrected chi connectivity index (χ1v) is 8.63. The highest BCUT2D eigenvalue weighted by molar-refractivity contribution is 5.80. The normalized spacial score (nSPS) is 18.0. The Kier molecular flexibility index (Phi) is 6.03. The number of likely N-dealkylation sites (tertiary alicyclic amines) is 1. The Bertz CT molecular complexity index is 627. The SMILES string of the molecule is CN(Cc1ccccc1F)C(=O)[C@H]1CCCN(C(=O)OC(C)(C)C)C1. The summed E-state index contributed by atoms with van der Waals surface area (Å²) in [5, 5.41) is 0. The summed E-state index contributed by atoms with van der Waals surface area (Å²) >= 11 is 0. The summed E-state index contributed by atoms with van der Waals surface area (Å²) in [6.07, 6.45) is 1.09. The third-order valence-corrected chi connectivity index (χ3v) is 4.16. The zero-order chi connectivity index (χ0) is 18.6. The van der Waals surface area contributed by atoms with E-state index in [0.29, 0.717) is 18.7 Å². The van der Waals surface area contributed by atoms with Gasteiger partial charge in [-0.25, -0.2) is 9.18 Å². The Hall–Kier alpha value is -2.11. The molecule has 1 atom stereocenters. The molecule has 1 heterocycles. The quantitative estimate of drug-likeness (QED) is 0.839. The molecule has 0 aliphatic carbocycles. The lowest BCUT2D eigenvalue weighted by atomic mass is 9.96. The third-order valence-electron chi connectivity index (χ3n) is 4.16. The van der Waals surface area contributed by atoms with Gasteiger partial charge in [0.1, 0.15) is 11.4 Å². The monoisotopic (exact) mass is 350 g/mol. The second kappa shape index (κ2) is 7.85. The molecule has 0 saturated carbocycles. The first kappa shape index (κ1) is 19.2. The zero-order valence-electron chi connectivity index (χ0n) is 15.4. The average Bonchev–Trinajstić information content (AvgIpc) is 2.54. The minimum Gasteiger partial charge on any atom is -0.444 e. The van der Waals surface area contributed by atoms with E-state index < -0.39 is 5.60 Å². The summed E-state index contributed by atoms with van der Waals surface area (Å²) in [5.74, 6) is -0.671. The number of hydrogen-bond acceptors (Lipinski definition) is 3. The molecule has 2 rings (SSSR count). The van der Waals surface area contributed by atoms with Gasteiger partial charge in [-0.15, -0.1) is 0 Å². The van der Waals surface area contributed by atoms with Crippen LogP contribution in [0, 0.1) is 11.7 Å². The van der Waals surface area contributed by atoms with Crippen molar-refractivity contribution in [3.05, 3.63) is 35.6 Å². The number of benzene rings is 1. The molecule has 0 aromatic heterocycles. The Morgan fingerprint density at radius 3 is 2.64 bits per heavy atom. The second-order valence-electron chi connectivity index (χ2n) is 7.55. The highest BCUT2D eigenvalue weighted by Crippen LogP contribution is 2.22. The van der Waals surface area contributed by atoms with Crippen LogP contribution < -0.4 is 0 Å². The molecule has 6 heteroatoms. The van der Waals surface area contributed by atoms with Crippen LogP contribution in [0.25, 0.3) is 0 Å². The van der Waals surface area contributed by atoms with E-state index in [-0.39, 0.29) is 30.3 Å². The van der Waals surface area contributed by atoms with Gasteiger partial charge in [0.05, 0.1) is 5.92 Å². The summed E-state index contributed by atoms with van der Waals surface area (Å²) in [6, 6.07) is 6.44. The summed E-state index contributed by atoms with van der Waals surface area (Å²) < 4.78 is 19.2. The van der Waals surface area contributed by atoms with Crippen molar-refractivity contribution >= 4 is 12.0 Å². The van der Waals surface area contributed by atoms with E-state index >= 15 is 0 Å². The van der Waals surface area contributed by atoms with E-state index in [1.165, 1.54) is 11.0 Å². The van der Waals surface area contributed by atoms with E-state index in [2.05, 4.69) is 0 Å². The number of halogens is 1. The van der Waals surface area contributed by atoms with E-state index in [9.17, 15) is 14.0 Å².